The first-order valence-electron chi connectivity index (χ1n) is 8.24. The minimum absolute atomic E-state index is 0.510. The van der Waals surface area contributed by atoms with Crippen molar-refractivity contribution in [3.8, 4) is 11.5 Å². The van der Waals surface area contributed by atoms with Crippen LogP contribution in [0.1, 0.15) is 37.0 Å². The fourth-order valence-electron chi connectivity index (χ4n) is 2.32. The van der Waals surface area contributed by atoms with Crippen molar-refractivity contribution in [1.29, 1.82) is 0 Å². The van der Waals surface area contributed by atoms with Crippen LogP contribution in [0.2, 0.25) is 0 Å². The highest BCUT2D eigenvalue weighted by Crippen LogP contribution is 2.29. The Morgan fingerprint density at radius 1 is 1.00 bits per heavy atom. The molecule has 4 nitrogen and oxygen atoms in total. The van der Waals surface area contributed by atoms with Crippen molar-refractivity contribution in [1.82, 2.24) is 0 Å². The van der Waals surface area contributed by atoms with Gasteiger partial charge in [-0.25, -0.2) is 0 Å². The molecule has 0 bridgehead atoms. The first kappa shape index (κ1) is 17.9. The van der Waals surface area contributed by atoms with Crippen molar-refractivity contribution < 1.29 is 14.7 Å². The SMILES string of the molecule is CCOc1cc(CC/C(C)=N/O)ccc1OCc1ccc(C)cc1. The quantitative estimate of drug-likeness (QED) is 0.432. The van der Waals surface area contributed by atoms with Crippen molar-refractivity contribution in [3.63, 3.8) is 0 Å². The molecule has 0 unspecified atom stereocenters. The first-order valence-corrected chi connectivity index (χ1v) is 8.24. The molecule has 0 radical (unpaired) electrons. The number of nitrogens with zero attached hydrogens (tertiary/aromatic N) is 1. The van der Waals surface area contributed by atoms with E-state index in [0.717, 1.165) is 29.0 Å². The topological polar surface area (TPSA) is 51.0 Å². The molecule has 0 aliphatic carbocycles. The third kappa shape index (κ3) is 5.30. The molecule has 2 rings (SSSR count). The zero-order valence-corrected chi connectivity index (χ0v) is 14.6. The van der Waals surface area contributed by atoms with E-state index in [0.29, 0.717) is 25.3 Å². The molecular formula is C20H25NO3. The minimum Gasteiger partial charge on any atom is -0.490 e. The maximum Gasteiger partial charge on any atom is 0.161 e. The number of hydrogen-bond donors (Lipinski definition) is 1. The molecule has 0 aromatic heterocycles. The molecule has 4 heteroatoms. The average molecular weight is 327 g/mol. The van der Waals surface area contributed by atoms with Gasteiger partial charge in [0.05, 0.1) is 12.3 Å². The minimum atomic E-state index is 0.510. The molecule has 1 N–H and O–H groups in total. The number of rotatable bonds is 8. The summed E-state index contributed by atoms with van der Waals surface area (Å²) < 4.78 is 11.6. The van der Waals surface area contributed by atoms with Crippen LogP contribution in [0.25, 0.3) is 0 Å². The summed E-state index contributed by atoms with van der Waals surface area (Å²) in [7, 11) is 0. The third-order valence-electron chi connectivity index (χ3n) is 3.77. The predicted molar refractivity (Wildman–Crippen MR) is 96.3 cm³/mol. The highest BCUT2D eigenvalue weighted by atomic mass is 16.5. The van der Waals surface area contributed by atoms with E-state index in [1.54, 1.807) is 0 Å². The van der Waals surface area contributed by atoms with Crippen molar-refractivity contribution in [2.45, 2.75) is 40.2 Å². The summed E-state index contributed by atoms with van der Waals surface area (Å²) in [6, 6.07) is 14.3. The molecule has 2 aromatic carbocycles. The van der Waals surface area contributed by atoms with Crippen molar-refractivity contribution in [2.75, 3.05) is 6.61 Å². The maximum atomic E-state index is 8.73. The Morgan fingerprint density at radius 3 is 2.38 bits per heavy atom. The van der Waals surface area contributed by atoms with Crippen LogP contribution in [-0.2, 0) is 13.0 Å². The van der Waals surface area contributed by atoms with E-state index in [-0.39, 0.29) is 0 Å². The van der Waals surface area contributed by atoms with Gasteiger partial charge in [0.2, 0.25) is 0 Å². The molecule has 0 atom stereocenters. The van der Waals surface area contributed by atoms with E-state index in [1.807, 2.05) is 32.0 Å². The second-order valence-electron chi connectivity index (χ2n) is 5.82. The highest BCUT2D eigenvalue weighted by Gasteiger charge is 2.08. The van der Waals surface area contributed by atoms with Gasteiger partial charge in [0.1, 0.15) is 6.61 Å². The molecule has 24 heavy (non-hydrogen) atoms. The first-order chi connectivity index (χ1) is 11.6. The Kier molecular flexibility index (Phi) is 6.67. The molecule has 0 saturated carbocycles. The summed E-state index contributed by atoms with van der Waals surface area (Å²) in [5.41, 5.74) is 4.21. The molecule has 0 spiro atoms. The predicted octanol–water partition coefficient (Wildman–Crippen LogP) is 4.76. The summed E-state index contributed by atoms with van der Waals surface area (Å²) in [5, 5.41) is 11.9. The van der Waals surface area contributed by atoms with Crippen molar-refractivity contribution in [3.05, 3.63) is 59.2 Å². The van der Waals surface area contributed by atoms with Crippen LogP contribution in [0.3, 0.4) is 0 Å². The number of benzene rings is 2. The standard InChI is InChI=1S/C20H25NO3/c1-4-23-20-13-17(10-7-16(3)21-22)11-12-19(20)24-14-18-8-5-15(2)6-9-18/h5-6,8-9,11-13,22H,4,7,10,14H2,1-3H3/b21-16+. The van der Waals surface area contributed by atoms with Gasteiger partial charge < -0.3 is 14.7 Å². The van der Waals surface area contributed by atoms with E-state index in [1.165, 1.54) is 5.56 Å². The maximum absolute atomic E-state index is 8.73. The van der Waals surface area contributed by atoms with Gasteiger partial charge in [-0.15, -0.1) is 0 Å². The lowest BCUT2D eigenvalue weighted by Gasteiger charge is -2.13. The molecule has 0 aliphatic heterocycles. The van der Waals surface area contributed by atoms with Crippen LogP contribution in [0.15, 0.2) is 47.6 Å². The molecule has 0 fully saturated rings. The Labute approximate surface area is 143 Å². The molecule has 128 valence electrons. The summed E-state index contributed by atoms with van der Waals surface area (Å²) in [6.07, 6.45) is 1.51. The lowest BCUT2D eigenvalue weighted by molar-refractivity contribution is 0.269. The lowest BCUT2D eigenvalue weighted by atomic mass is 10.1. The largest absolute Gasteiger partial charge is 0.490 e. The Hall–Kier alpha value is -2.49. The third-order valence-corrected chi connectivity index (χ3v) is 3.77. The molecule has 0 amide bonds. The van der Waals surface area contributed by atoms with E-state index < -0.39 is 0 Å². The lowest BCUT2D eigenvalue weighted by Crippen LogP contribution is -2.01. The van der Waals surface area contributed by atoms with Crippen LogP contribution in [-0.4, -0.2) is 17.5 Å². The van der Waals surface area contributed by atoms with E-state index >= 15 is 0 Å². The Bertz CT molecular complexity index is 678. The van der Waals surface area contributed by atoms with Gasteiger partial charge in [-0.2, -0.15) is 0 Å². The van der Waals surface area contributed by atoms with Crippen LogP contribution in [0, 0.1) is 6.92 Å². The fraction of sp³-hybridized carbons (Fsp3) is 0.350. The van der Waals surface area contributed by atoms with Crippen LogP contribution >= 0.6 is 0 Å². The van der Waals surface area contributed by atoms with Gasteiger partial charge in [0.15, 0.2) is 11.5 Å². The summed E-state index contributed by atoms with van der Waals surface area (Å²) >= 11 is 0. The van der Waals surface area contributed by atoms with Gasteiger partial charge in [-0.05, 0) is 56.9 Å². The van der Waals surface area contributed by atoms with E-state index in [9.17, 15) is 0 Å². The van der Waals surface area contributed by atoms with Crippen LogP contribution < -0.4 is 9.47 Å². The summed E-state index contributed by atoms with van der Waals surface area (Å²) in [6.45, 7) is 6.93. The molecule has 0 saturated heterocycles. The van der Waals surface area contributed by atoms with Gasteiger partial charge in [-0.3, -0.25) is 0 Å². The molecule has 2 aromatic rings. The van der Waals surface area contributed by atoms with Gasteiger partial charge >= 0.3 is 0 Å². The zero-order chi connectivity index (χ0) is 17.4. The smallest absolute Gasteiger partial charge is 0.161 e. The van der Waals surface area contributed by atoms with Gasteiger partial charge in [0, 0.05) is 0 Å². The zero-order valence-electron chi connectivity index (χ0n) is 14.6. The van der Waals surface area contributed by atoms with Gasteiger partial charge in [0.25, 0.3) is 0 Å². The molecule has 0 aliphatic rings. The second kappa shape index (κ2) is 8.96. The number of aryl methyl sites for hydroxylation is 2. The highest BCUT2D eigenvalue weighted by molar-refractivity contribution is 5.81. The van der Waals surface area contributed by atoms with E-state index in [2.05, 4.69) is 36.3 Å². The summed E-state index contributed by atoms with van der Waals surface area (Å²) in [4.78, 5) is 0. The number of hydrogen-bond acceptors (Lipinski definition) is 4. The Morgan fingerprint density at radius 2 is 1.71 bits per heavy atom. The molecule has 0 heterocycles. The summed E-state index contributed by atoms with van der Waals surface area (Å²) in [5.74, 6) is 1.49. The van der Waals surface area contributed by atoms with Crippen LogP contribution in [0.5, 0.6) is 11.5 Å². The van der Waals surface area contributed by atoms with Crippen molar-refractivity contribution in [2.24, 2.45) is 5.16 Å². The molecular weight excluding hydrogens is 302 g/mol. The fourth-order valence-corrected chi connectivity index (χ4v) is 2.32. The number of ether oxygens (including phenoxy) is 2. The van der Waals surface area contributed by atoms with Crippen LogP contribution in [0.4, 0.5) is 0 Å². The van der Waals surface area contributed by atoms with E-state index in [4.69, 9.17) is 14.7 Å². The number of oxime groups is 1. The monoisotopic (exact) mass is 327 g/mol. The normalized spacial score (nSPS) is 11.4. The second-order valence-corrected chi connectivity index (χ2v) is 5.82. The average Bonchev–Trinajstić information content (AvgIpc) is 2.60. The van der Waals surface area contributed by atoms with Crippen molar-refractivity contribution >= 4 is 5.71 Å². The Balaban J connectivity index is 2.06. The van der Waals surface area contributed by atoms with Gasteiger partial charge in [-0.1, -0.05) is 41.1 Å².